The molecule has 134 valence electrons. The zero-order chi connectivity index (χ0) is 18.5. The molecule has 0 amide bonds. The Balaban J connectivity index is 1.57. The van der Waals surface area contributed by atoms with Gasteiger partial charge in [0.25, 0.3) is 0 Å². The minimum absolute atomic E-state index is 0.413. The first kappa shape index (κ1) is 18.6. The minimum atomic E-state index is 0.413. The van der Waals surface area contributed by atoms with Gasteiger partial charge in [0, 0.05) is 27.8 Å². The fourth-order valence-corrected chi connectivity index (χ4v) is 3.11. The van der Waals surface area contributed by atoms with E-state index in [0.717, 1.165) is 17.9 Å². The molecule has 0 saturated carbocycles. The molecular weight excluding hydrogens is 365 g/mol. The first-order chi connectivity index (χ1) is 12.5. The molecule has 0 saturated heterocycles. The lowest BCUT2D eigenvalue weighted by Crippen LogP contribution is -2.02. The highest BCUT2D eigenvalue weighted by Crippen LogP contribution is 2.23. The summed E-state index contributed by atoms with van der Waals surface area (Å²) in [6, 6.07) is 19.8. The van der Waals surface area contributed by atoms with E-state index in [2.05, 4.69) is 49.5 Å². The predicted molar refractivity (Wildman–Crippen MR) is 110 cm³/mol. The summed E-state index contributed by atoms with van der Waals surface area (Å²) in [4.78, 5) is 0. The number of aryl methyl sites for hydroxylation is 1. The number of rotatable bonds is 6. The highest BCUT2D eigenvalue weighted by Gasteiger charge is 2.04. The molecule has 2 nitrogen and oxygen atoms in total. The largest absolute Gasteiger partial charge is 0.489 e. The summed E-state index contributed by atoms with van der Waals surface area (Å²) in [5.74, 6) is 0.812. The molecule has 0 heterocycles. The average Bonchev–Trinajstić information content (AvgIpc) is 2.63. The highest BCUT2D eigenvalue weighted by atomic mass is 35.5. The second-order valence-corrected chi connectivity index (χ2v) is 7.11. The Kier molecular flexibility index (Phi) is 6.08. The molecule has 3 aromatic carbocycles. The van der Waals surface area contributed by atoms with E-state index in [4.69, 9.17) is 27.9 Å². The van der Waals surface area contributed by atoms with Crippen LogP contribution in [0.4, 0.5) is 5.69 Å². The number of nitrogens with one attached hydrogen (secondary N) is 1. The number of halogens is 2. The Labute approximate surface area is 164 Å². The van der Waals surface area contributed by atoms with Gasteiger partial charge in [-0.25, -0.2) is 0 Å². The Morgan fingerprint density at radius 2 is 1.69 bits per heavy atom. The molecule has 0 aromatic heterocycles. The maximum absolute atomic E-state index is 6.17. The molecule has 0 aliphatic carbocycles. The summed E-state index contributed by atoms with van der Waals surface area (Å²) >= 11 is 12.1. The van der Waals surface area contributed by atoms with E-state index in [1.165, 1.54) is 22.4 Å². The van der Waals surface area contributed by atoms with Crippen LogP contribution in [0.2, 0.25) is 10.0 Å². The van der Waals surface area contributed by atoms with E-state index in [0.29, 0.717) is 16.7 Å². The molecular formula is C22H21Cl2NO. The van der Waals surface area contributed by atoms with Crippen LogP contribution in [0.5, 0.6) is 5.75 Å². The van der Waals surface area contributed by atoms with Crippen LogP contribution in [0.3, 0.4) is 0 Å². The van der Waals surface area contributed by atoms with Crippen LogP contribution in [-0.4, -0.2) is 0 Å². The van der Waals surface area contributed by atoms with Gasteiger partial charge in [0.2, 0.25) is 0 Å². The Morgan fingerprint density at radius 1 is 0.923 bits per heavy atom. The van der Waals surface area contributed by atoms with Crippen LogP contribution in [0, 0.1) is 13.8 Å². The third-order valence-corrected chi connectivity index (χ3v) is 5.01. The van der Waals surface area contributed by atoms with Crippen LogP contribution in [0.1, 0.15) is 22.3 Å². The topological polar surface area (TPSA) is 21.3 Å². The van der Waals surface area contributed by atoms with Crippen molar-refractivity contribution < 1.29 is 4.74 Å². The summed E-state index contributed by atoms with van der Waals surface area (Å²) in [5.41, 5.74) is 5.86. The Bertz CT molecular complexity index is 891. The van der Waals surface area contributed by atoms with E-state index < -0.39 is 0 Å². The SMILES string of the molecule is Cc1cccc(NCc2ccc(OCc3ccc(Cl)cc3Cl)cc2)c1C. The first-order valence-corrected chi connectivity index (χ1v) is 9.24. The first-order valence-electron chi connectivity index (χ1n) is 8.48. The van der Waals surface area contributed by atoms with Crippen molar-refractivity contribution in [3.8, 4) is 5.75 Å². The third-order valence-electron chi connectivity index (χ3n) is 4.42. The van der Waals surface area contributed by atoms with Gasteiger partial charge in [-0.15, -0.1) is 0 Å². The fraction of sp³-hybridized carbons (Fsp3) is 0.182. The summed E-state index contributed by atoms with van der Waals surface area (Å²) in [7, 11) is 0. The Morgan fingerprint density at radius 3 is 2.42 bits per heavy atom. The van der Waals surface area contributed by atoms with Crippen LogP contribution >= 0.6 is 23.2 Å². The molecule has 0 fully saturated rings. The molecule has 0 radical (unpaired) electrons. The normalized spacial score (nSPS) is 10.6. The van der Waals surface area contributed by atoms with Gasteiger partial charge in [-0.05, 0) is 60.9 Å². The van der Waals surface area contributed by atoms with E-state index >= 15 is 0 Å². The van der Waals surface area contributed by atoms with Gasteiger partial charge in [-0.3, -0.25) is 0 Å². The maximum atomic E-state index is 6.17. The predicted octanol–water partition coefficient (Wildman–Crippen LogP) is 6.80. The van der Waals surface area contributed by atoms with Crippen LogP contribution < -0.4 is 10.1 Å². The zero-order valence-corrected chi connectivity index (χ0v) is 16.4. The molecule has 0 aliphatic heterocycles. The summed E-state index contributed by atoms with van der Waals surface area (Å²) in [6.45, 7) is 5.44. The summed E-state index contributed by atoms with van der Waals surface area (Å²) in [5, 5.41) is 4.73. The quantitative estimate of drug-likeness (QED) is 0.503. The van der Waals surface area contributed by atoms with Crippen molar-refractivity contribution in [3.05, 3.63) is 93.0 Å². The lowest BCUT2D eigenvalue weighted by Gasteiger charge is -2.12. The maximum Gasteiger partial charge on any atom is 0.119 e. The smallest absolute Gasteiger partial charge is 0.119 e. The van der Waals surface area contributed by atoms with Crippen LogP contribution in [0.15, 0.2) is 60.7 Å². The lowest BCUT2D eigenvalue weighted by atomic mass is 10.1. The number of ether oxygens (including phenoxy) is 1. The second-order valence-electron chi connectivity index (χ2n) is 6.27. The standard InChI is InChI=1S/C22H21Cl2NO/c1-15-4-3-5-22(16(15)2)25-13-17-6-10-20(11-7-17)26-14-18-8-9-19(23)12-21(18)24/h3-12,25H,13-14H2,1-2H3. The second kappa shape index (κ2) is 8.48. The molecule has 1 N–H and O–H groups in total. The van der Waals surface area contributed by atoms with Crippen molar-refractivity contribution in [2.45, 2.75) is 27.0 Å². The highest BCUT2D eigenvalue weighted by molar-refractivity contribution is 6.35. The van der Waals surface area contributed by atoms with Crippen molar-refractivity contribution in [2.75, 3.05) is 5.32 Å². The van der Waals surface area contributed by atoms with Crippen molar-refractivity contribution in [1.82, 2.24) is 0 Å². The van der Waals surface area contributed by atoms with Crippen molar-refractivity contribution in [3.63, 3.8) is 0 Å². The molecule has 26 heavy (non-hydrogen) atoms. The number of hydrogen-bond donors (Lipinski definition) is 1. The zero-order valence-electron chi connectivity index (χ0n) is 14.9. The van der Waals surface area contributed by atoms with E-state index in [1.807, 2.05) is 24.3 Å². The van der Waals surface area contributed by atoms with Gasteiger partial charge in [0.05, 0.1) is 0 Å². The monoisotopic (exact) mass is 385 g/mol. The minimum Gasteiger partial charge on any atom is -0.489 e. The average molecular weight is 386 g/mol. The number of benzene rings is 3. The third kappa shape index (κ3) is 4.72. The van der Waals surface area contributed by atoms with Crippen molar-refractivity contribution in [2.24, 2.45) is 0 Å². The van der Waals surface area contributed by atoms with Crippen LogP contribution in [0.25, 0.3) is 0 Å². The van der Waals surface area contributed by atoms with Crippen molar-refractivity contribution >= 4 is 28.9 Å². The molecule has 3 rings (SSSR count). The summed E-state index contributed by atoms with van der Waals surface area (Å²) in [6.07, 6.45) is 0. The molecule has 0 unspecified atom stereocenters. The van der Waals surface area contributed by atoms with Crippen molar-refractivity contribution in [1.29, 1.82) is 0 Å². The van der Waals surface area contributed by atoms with E-state index in [9.17, 15) is 0 Å². The van der Waals surface area contributed by atoms with Gasteiger partial charge in [0.1, 0.15) is 12.4 Å². The molecule has 3 aromatic rings. The fourth-order valence-electron chi connectivity index (χ4n) is 2.64. The molecule has 0 atom stereocenters. The number of anilines is 1. The van der Waals surface area contributed by atoms with E-state index in [-0.39, 0.29) is 0 Å². The van der Waals surface area contributed by atoms with E-state index in [1.54, 1.807) is 6.07 Å². The van der Waals surface area contributed by atoms with Crippen LogP contribution in [-0.2, 0) is 13.2 Å². The lowest BCUT2D eigenvalue weighted by molar-refractivity contribution is 0.306. The van der Waals surface area contributed by atoms with Gasteiger partial charge in [-0.1, -0.05) is 53.5 Å². The Hall–Kier alpha value is -2.16. The van der Waals surface area contributed by atoms with Gasteiger partial charge >= 0.3 is 0 Å². The molecule has 0 spiro atoms. The van der Waals surface area contributed by atoms with Gasteiger partial charge in [0.15, 0.2) is 0 Å². The summed E-state index contributed by atoms with van der Waals surface area (Å²) < 4.78 is 5.82. The molecule has 0 aliphatic rings. The molecule has 4 heteroatoms. The van der Waals surface area contributed by atoms with Gasteiger partial charge < -0.3 is 10.1 Å². The number of hydrogen-bond acceptors (Lipinski definition) is 2. The molecule has 0 bridgehead atoms. The van der Waals surface area contributed by atoms with Gasteiger partial charge in [-0.2, -0.15) is 0 Å².